The highest BCUT2D eigenvalue weighted by molar-refractivity contribution is 5.33. The Morgan fingerprint density at radius 3 is 2.56 bits per heavy atom. The summed E-state index contributed by atoms with van der Waals surface area (Å²) in [6.45, 7) is 11.9. The summed E-state index contributed by atoms with van der Waals surface area (Å²) in [5.74, 6) is -0.149. The molecule has 0 aliphatic carbocycles. The zero-order chi connectivity index (χ0) is 13.8. The van der Waals surface area contributed by atoms with E-state index < -0.39 is 0 Å². The molecule has 1 aromatic carbocycles. The molecule has 1 rings (SSSR count). The van der Waals surface area contributed by atoms with Crippen LogP contribution in [0.2, 0.25) is 0 Å². The van der Waals surface area contributed by atoms with Crippen LogP contribution in [0.25, 0.3) is 0 Å². The van der Waals surface area contributed by atoms with Gasteiger partial charge in [0.25, 0.3) is 0 Å². The van der Waals surface area contributed by atoms with Gasteiger partial charge in [0.2, 0.25) is 0 Å². The lowest BCUT2D eigenvalue weighted by atomic mass is 9.77. The molecule has 0 aromatic heterocycles. The molecule has 0 radical (unpaired) electrons. The predicted molar refractivity (Wildman–Crippen MR) is 76.5 cm³/mol. The lowest BCUT2D eigenvalue weighted by Gasteiger charge is -2.30. The van der Waals surface area contributed by atoms with Gasteiger partial charge in [-0.05, 0) is 61.9 Å². The van der Waals surface area contributed by atoms with Gasteiger partial charge in [-0.1, -0.05) is 26.8 Å². The zero-order valence-corrected chi connectivity index (χ0v) is 12.3. The first-order valence-corrected chi connectivity index (χ1v) is 6.87. The van der Waals surface area contributed by atoms with Gasteiger partial charge in [0.05, 0.1) is 0 Å². The summed E-state index contributed by atoms with van der Waals surface area (Å²) >= 11 is 0. The number of rotatable bonds is 6. The maximum atomic E-state index is 13.2. The summed E-state index contributed by atoms with van der Waals surface area (Å²) < 4.78 is 13.2. The molecule has 0 amide bonds. The van der Waals surface area contributed by atoms with Crippen LogP contribution in [0.3, 0.4) is 0 Å². The predicted octanol–water partition coefficient (Wildman–Crippen LogP) is 4.19. The molecule has 1 nitrogen and oxygen atoms in total. The number of nitrogens with one attached hydrogen (secondary N) is 1. The molecule has 0 fully saturated rings. The molecule has 0 bridgehead atoms. The average molecular weight is 251 g/mol. The Bertz CT molecular complexity index is 385. The van der Waals surface area contributed by atoms with Gasteiger partial charge in [0.15, 0.2) is 0 Å². The zero-order valence-electron chi connectivity index (χ0n) is 12.3. The van der Waals surface area contributed by atoms with Crippen LogP contribution in [0, 0.1) is 12.7 Å². The lowest BCUT2D eigenvalue weighted by molar-refractivity contribution is 0.388. The summed E-state index contributed by atoms with van der Waals surface area (Å²) in [4.78, 5) is 0. The van der Waals surface area contributed by atoms with Crippen molar-refractivity contribution in [2.45, 2.75) is 58.9 Å². The third-order valence-corrected chi connectivity index (χ3v) is 3.48. The van der Waals surface area contributed by atoms with Crippen LogP contribution in [0.15, 0.2) is 18.2 Å². The van der Waals surface area contributed by atoms with Crippen molar-refractivity contribution < 1.29 is 4.39 Å². The molecule has 1 atom stereocenters. The average Bonchev–Trinajstić information content (AvgIpc) is 2.25. The first kappa shape index (κ1) is 15.2. The number of hydrogen-bond donors (Lipinski definition) is 1. The van der Waals surface area contributed by atoms with Crippen LogP contribution in [0.4, 0.5) is 4.39 Å². The quantitative estimate of drug-likeness (QED) is 0.799. The van der Waals surface area contributed by atoms with E-state index in [-0.39, 0.29) is 11.2 Å². The second kappa shape index (κ2) is 6.33. The van der Waals surface area contributed by atoms with Crippen LogP contribution >= 0.6 is 0 Å². The third-order valence-electron chi connectivity index (χ3n) is 3.48. The highest BCUT2D eigenvalue weighted by Crippen LogP contribution is 2.31. The molecule has 0 saturated heterocycles. The van der Waals surface area contributed by atoms with E-state index in [1.54, 1.807) is 12.1 Å². The van der Waals surface area contributed by atoms with Crippen LogP contribution in [0.1, 0.15) is 51.7 Å². The first-order valence-electron chi connectivity index (χ1n) is 6.87. The molecule has 102 valence electrons. The van der Waals surface area contributed by atoms with E-state index in [0.29, 0.717) is 6.04 Å². The molecule has 0 aliphatic heterocycles. The molecular weight excluding hydrogens is 225 g/mol. The standard InChI is InChI=1S/C16H26FN/c1-6-9-18-13(3)11-16(4,5)15-8-7-14(17)10-12(15)2/h7-8,10,13,18H,6,9,11H2,1-5H3. The van der Waals surface area contributed by atoms with Gasteiger partial charge in [-0.3, -0.25) is 0 Å². The number of aryl methyl sites for hydroxylation is 1. The van der Waals surface area contributed by atoms with Gasteiger partial charge in [0.1, 0.15) is 5.82 Å². The Labute approximate surface area is 111 Å². The summed E-state index contributed by atoms with van der Waals surface area (Å²) in [6.07, 6.45) is 2.21. The Morgan fingerprint density at radius 2 is 2.00 bits per heavy atom. The van der Waals surface area contributed by atoms with Crippen LogP contribution in [-0.4, -0.2) is 12.6 Å². The highest BCUT2D eigenvalue weighted by Gasteiger charge is 2.24. The van der Waals surface area contributed by atoms with Gasteiger partial charge < -0.3 is 5.32 Å². The van der Waals surface area contributed by atoms with Crippen molar-refractivity contribution in [3.63, 3.8) is 0 Å². The molecule has 1 unspecified atom stereocenters. The molecule has 18 heavy (non-hydrogen) atoms. The summed E-state index contributed by atoms with van der Waals surface area (Å²) in [5, 5.41) is 3.51. The van der Waals surface area contributed by atoms with E-state index in [2.05, 4.69) is 33.0 Å². The fourth-order valence-electron chi connectivity index (χ4n) is 2.72. The van der Waals surface area contributed by atoms with Crippen molar-refractivity contribution in [1.29, 1.82) is 0 Å². The lowest BCUT2D eigenvalue weighted by Crippen LogP contribution is -2.34. The molecular formula is C16H26FN. The number of halogens is 1. The minimum absolute atomic E-state index is 0.0674. The Morgan fingerprint density at radius 1 is 1.33 bits per heavy atom. The number of hydrogen-bond acceptors (Lipinski definition) is 1. The van der Waals surface area contributed by atoms with E-state index in [1.807, 2.05) is 13.0 Å². The molecule has 0 saturated carbocycles. The van der Waals surface area contributed by atoms with Crippen LogP contribution < -0.4 is 5.32 Å². The first-order chi connectivity index (χ1) is 8.36. The van der Waals surface area contributed by atoms with Crippen molar-refractivity contribution >= 4 is 0 Å². The minimum atomic E-state index is -0.149. The second-order valence-electron chi connectivity index (χ2n) is 5.90. The highest BCUT2D eigenvalue weighted by atomic mass is 19.1. The monoisotopic (exact) mass is 251 g/mol. The Balaban J connectivity index is 2.78. The van der Waals surface area contributed by atoms with E-state index in [4.69, 9.17) is 0 Å². The SMILES string of the molecule is CCCNC(C)CC(C)(C)c1ccc(F)cc1C. The van der Waals surface area contributed by atoms with E-state index >= 15 is 0 Å². The maximum absolute atomic E-state index is 13.2. The molecule has 0 spiro atoms. The molecule has 1 N–H and O–H groups in total. The van der Waals surface area contributed by atoms with Gasteiger partial charge in [0, 0.05) is 6.04 Å². The molecule has 2 heteroatoms. The molecule has 0 heterocycles. The van der Waals surface area contributed by atoms with Crippen LogP contribution in [0.5, 0.6) is 0 Å². The Kier molecular flexibility index (Phi) is 5.33. The van der Waals surface area contributed by atoms with Crippen molar-refractivity contribution in [3.8, 4) is 0 Å². The third kappa shape index (κ3) is 4.09. The van der Waals surface area contributed by atoms with Gasteiger partial charge in [-0.25, -0.2) is 4.39 Å². The van der Waals surface area contributed by atoms with Gasteiger partial charge >= 0.3 is 0 Å². The fourth-order valence-corrected chi connectivity index (χ4v) is 2.72. The Hall–Kier alpha value is -0.890. The van der Waals surface area contributed by atoms with Gasteiger partial charge in [-0.15, -0.1) is 0 Å². The second-order valence-corrected chi connectivity index (χ2v) is 5.90. The van der Waals surface area contributed by atoms with Crippen molar-refractivity contribution in [3.05, 3.63) is 35.1 Å². The summed E-state index contributed by atoms with van der Waals surface area (Å²) in [5.41, 5.74) is 2.36. The van der Waals surface area contributed by atoms with Crippen molar-refractivity contribution in [1.82, 2.24) is 5.32 Å². The largest absolute Gasteiger partial charge is 0.314 e. The molecule has 1 aromatic rings. The normalized spacial score (nSPS) is 13.7. The number of benzene rings is 1. The van der Waals surface area contributed by atoms with Crippen LogP contribution in [-0.2, 0) is 5.41 Å². The molecule has 0 aliphatic rings. The van der Waals surface area contributed by atoms with E-state index in [1.165, 1.54) is 5.56 Å². The summed E-state index contributed by atoms with van der Waals surface area (Å²) in [6, 6.07) is 5.59. The fraction of sp³-hybridized carbons (Fsp3) is 0.625. The van der Waals surface area contributed by atoms with Gasteiger partial charge in [-0.2, -0.15) is 0 Å². The maximum Gasteiger partial charge on any atom is 0.123 e. The van der Waals surface area contributed by atoms with E-state index in [0.717, 1.165) is 24.9 Å². The smallest absolute Gasteiger partial charge is 0.123 e. The van der Waals surface area contributed by atoms with Crippen molar-refractivity contribution in [2.75, 3.05) is 6.54 Å². The van der Waals surface area contributed by atoms with E-state index in [9.17, 15) is 4.39 Å². The topological polar surface area (TPSA) is 12.0 Å². The van der Waals surface area contributed by atoms with Crippen molar-refractivity contribution in [2.24, 2.45) is 0 Å². The summed E-state index contributed by atoms with van der Waals surface area (Å²) in [7, 11) is 0. The minimum Gasteiger partial charge on any atom is -0.314 e.